The van der Waals surface area contributed by atoms with Crippen molar-refractivity contribution in [2.24, 2.45) is 0 Å². The molecule has 0 spiro atoms. The number of halogens is 1. The maximum Gasteiger partial charge on any atom is 0.267 e. The first kappa shape index (κ1) is 13.1. The Bertz CT molecular complexity index is 746. The van der Waals surface area contributed by atoms with E-state index in [9.17, 15) is 4.79 Å². The summed E-state index contributed by atoms with van der Waals surface area (Å²) in [6, 6.07) is 1.80. The van der Waals surface area contributed by atoms with Crippen LogP contribution >= 0.6 is 11.6 Å². The Labute approximate surface area is 121 Å². The number of hydrogen-bond acceptors (Lipinski definition) is 4. The minimum atomic E-state index is -0.118. The van der Waals surface area contributed by atoms with Crippen molar-refractivity contribution in [3.05, 3.63) is 33.5 Å². The maximum atomic E-state index is 12.2. The fraction of sp³-hybridized carbons (Fsp3) is 0.385. The Hall–Kier alpha value is -1.87. The van der Waals surface area contributed by atoms with Gasteiger partial charge >= 0.3 is 0 Å². The largest absolute Gasteiger partial charge is 0.306 e. The van der Waals surface area contributed by atoms with Crippen LogP contribution in [0.5, 0.6) is 0 Å². The summed E-state index contributed by atoms with van der Waals surface area (Å²) in [7, 11) is 0. The molecular weight excluding hydrogens is 274 g/mol. The minimum absolute atomic E-state index is 0.118. The molecule has 0 amide bonds. The molecule has 1 saturated heterocycles. The van der Waals surface area contributed by atoms with Crippen molar-refractivity contribution in [1.82, 2.24) is 15.0 Å². The number of H-pyrrole nitrogens is 1. The lowest BCUT2D eigenvalue weighted by Gasteiger charge is -2.22. The third kappa shape index (κ3) is 2.29. The summed E-state index contributed by atoms with van der Waals surface area (Å²) < 4.78 is 0. The van der Waals surface area contributed by atoms with E-state index >= 15 is 0 Å². The minimum Gasteiger partial charge on any atom is -0.306 e. The molecule has 0 saturated carbocycles. The van der Waals surface area contributed by atoms with Gasteiger partial charge in [-0.15, -0.1) is 0 Å². The number of rotatable bonds is 1. The molecule has 3 rings (SSSR count). The molecule has 0 radical (unpaired) electrons. The first-order valence-corrected chi connectivity index (χ1v) is 7.00. The van der Waals surface area contributed by atoms with E-state index < -0.39 is 0 Å². The van der Waals surface area contributed by atoms with Crippen molar-refractivity contribution in [2.75, 3.05) is 0 Å². The third-order valence-electron chi connectivity index (χ3n) is 3.98. The summed E-state index contributed by atoms with van der Waals surface area (Å²) in [5.74, 6) is 2.49. The average Bonchev–Trinajstić information content (AvgIpc) is 2.47. The Balaban J connectivity index is 2.00. The van der Waals surface area contributed by atoms with Gasteiger partial charge in [-0.2, -0.15) is 0 Å². The van der Waals surface area contributed by atoms with Crippen LogP contribution in [0.3, 0.4) is 0 Å². The van der Waals surface area contributed by atoms with Crippen molar-refractivity contribution >= 4 is 29.3 Å². The van der Waals surface area contributed by atoms with E-state index in [1.165, 1.54) is 6.33 Å². The van der Waals surface area contributed by atoms with Crippen LogP contribution in [0.4, 0.5) is 0 Å². The molecule has 7 heteroatoms. The average molecular weight is 287 g/mol. The number of nitrogens with one attached hydrogen (secondary N) is 1. The lowest BCUT2D eigenvalue weighted by molar-refractivity contribution is 0.606. The second kappa shape index (κ2) is 5.26. The fourth-order valence-corrected chi connectivity index (χ4v) is 3.03. The molecule has 1 fully saturated rings. The van der Waals surface area contributed by atoms with Crippen molar-refractivity contribution < 1.29 is 0 Å². The molecule has 3 heterocycles. The molecule has 5 nitrogen and oxygen atoms in total. The summed E-state index contributed by atoms with van der Waals surface area (Å²) in [5.41, 5.74) is 1.07. The molecule has 2 aromatic heterocycles. The van der Waals surface area contributed by atoms with Crippen LogP contribution in [0.25, 0.3) is 11.0 Å². The number of aromatic amines is 1. The zero-order chi connectivity index (χ0) is 14.1. The molecule has 0 bridgehead atoms. The Morgan fingerprint density at radius 3 is 2.85 bits per heavy atom. The van der Waals surface area contributed by atoms with Gasteiger partial charge in [0, 0.05) is 11.5 Å². The standard InChI is InChI=1S/C13H12BClN4O/c15-11-10-5-9(8-1-3-14(6-16)4-2-8)13(20)19-12(10)18-7-17-11/h5,7-8H,1-4H2,(H,17,18,19,20). The quantitative estimate of drug-likeness (QED) is 0.644. The monoisotopic (exact) mass is 286 g/mol. The van der Waals surface area contributed by atoms with Crippen molar-refractivity contribution in [3.63, 3.8) is 0 Å². The highest BCUT2D eigenvalue weighted by Gasteiger charge is 2.27. The maximum absolute atomic E-state index is 12.2. The molecule has 2 aromatic rings. The summed E-state index contributed by atoms with van der Waals surface area (Å²) in [5, 5.41) is 9.95. The van der Waals surface area contributed by atoms with Crippen LogP contribution in [0.15, 0.2) is 17.2 Å². The lowest BCUT2D eigenvalue weighted by atomic mass is 9.41. The van der Waals surface area contributed by atoms with E-state index in [0.717, 1.165) is 31.0 Å². The van der Waals surface area contributed by atoms with Gasteiger partial charge in [0.25, 0.3) is 12.3 Å². The van der Waals surface area contributed by atoms with Crippen molar-refractivity contribution in [3.8, 4) is 5.97 Å². The van der Waals surface area contributed by atoms with Gasteiger partial charge in [-0.1, -0.05) is 37.1 Å². The highest BCUT2D eigenvalue weighted by atomic mass is 35.5. The number of hydrogen-bond donors (Lipinski definition) is 1. The zero-order valence-corrected chi connectivity index (χ0v) is 11.5. The summed E-state index contributed by atoms with van der Waals surface area (Å²) in [6.45, 7) is 0.123. The summed E-state index contributed by atoms with van der Waals surface area (Å²) >= 11 is 6.05. The second-order valence-corrected chi connectivity index (χ2v) is 5.52. The molecule has 1 N–H and O–H groups in total. The van der Waals surface area contributed by atoms with E-state index in [-0.39, 0.29) is 18.2 Å². The summed E-state index contributed by atoms with van der Waals surface area (Å²) in [6.07, 6.45) is 4.74. The van der Waals surface area contributed by atoms with Crippen LogP contribution < -0.4 is 5.56 Å². The van der Waals surface area contributed by atoms with Crippen LogP contribution in [-0.4, -0.2) is 21.7 Å². The highest BCUT2D eigenvalue weighted by Crippen LogP contribution is 2.33. The Kier molecular flexibility index (Phi) is 3.45. The number of aromatic nitrogens is 3. The van der Waals surface area contributed by atoms with E-state index in [4.69, 9.17) is 16.9 Å². The van der Waals surface area contributed by atoms with Gasteiger partial charge in [-0.05, 0) is 12.0 Å². The SMILES string of the molecule is N#CB1CCC(c2cc3c(Cl)ncnc3[nH]c2=O)CC1. The number of nitrogens with zero attached hydrogens (tertiary/aromatic N) is 3. The third-order valence-corrected chi connectivity index (χ3v) is 4.28. The Morgan fingerprint density at radius 2 is 2.15 bits per heavy atom. The first-order chi connectivity index (χ1) is 9.69. The van der Waals surface area contributed by atoms with Gasteiger partial charge in [0.05, 0.1) is 5.39 Å². The molecule has 0 aliphatic carbocycles. The normalized spacial score (nSPS) is 16.3. The number of fused-ring (bicyclic) bond motifs is 1. The van der Waals surface area contributed by atoms with Crippen LogP contribution in [0.2, 0.25) is 17.8 Å². The molecular formula is C13H12BClN4O. The molecule has 1 aliphatic rings. The molecule has 0 atom stereocenters. The van der Waals surface area contributed by atoms with E-state index in [1.54, 1.807) is 6.07 Å². The fourth-order valence-electron chi connectivity index (χ4n) is 2.84. The smallest absolute Gasteiger partial charge is 0.267 e. The first-order valence-electron chi connectivity index (χ1n) is 6.62. The van der Waals surface area contributed by atoms with Crippen LogP contribution in [-0.2, 0) is 0 Å². The van der Waals surface area contributed by atoms with Gasteiger partial charge in [0.2, 0.25) is 0 Å². The molecule has 0 unspecified atom stereocenters. The van der Waals surface area contributed by atoms with E-state index in [1.807, 2.05) is 0 Å². The van der Waals surface area contributed by atoms with Crippen molar-refractivity contribution in [1.29, 1.82) is 5.26 Å². The molecule has 20 heavy (non-hydrogen) atoms. The predicted molar refractivity (Wildman–Crippen MR) is 78.1 cm³/mol. The predicted octanol–water partition coefficient (Wildman–Crippen LogP) is 2.41. The van der Waals surface area contributed by atoms with Crippen LogP contribution in [0.1, 0.15) is 24.3 Å². The van der Waals surface area contributed by atoms with E-state index in [0.29, 0.717) is 16.2 Å². The van der Waals surface area contributed by atoms with E-state index in [2.05, 4.69) is 20.9 Å². The molecule has 0 aromatic carbocycles. The molecule has 1 aliphatic heterocycles. The van der Waals surface area contributed by atoms with Gasteiger partial charge in [-0.3, -0.25) is 4.79 Å². The van der Waals surface area contributed by atoms with Gasteiger partial charge < -0.3 is 4.98 Å². The zero-order valence-electron chi connectivity index (χ0n) is 10.8. The number of pyridine rings is 1. The second-order valence-electron chi connectivity index (χ2n) is 5.16. The highest BCUT2D eigenvalue weighted by molar-refractivity contribution is 6.67. The number of nitriles is 1. The van der Waals surface area contributed by atoms with Gasteiger partial charge in [0.15, 0.2) is 0 Å². The van der Waals surface area contributed by atoms with Crippen LogP contribution in [0, 0.1) is 11.2 Å². The van der Waals surface area contributed by atoms with Gasteiger partial charge in [0.1, 0.15) is 17.1 Å². The summed E-state index contributed by atoms with van der Waals surface area (Å²) in [4.78, 5) is 22.9. The van der Waals surface area contributed by atoms with Gasteiger partial charge in [-0.25, -0.2) is 15.2 Å². The molecule has 100 valence electrons. The Morgan fingerprint density at radius 1 is 1.40 bits per heavy atom. The topological polar surface area (TPSA) is 82.4 Å². The lowest BCUT2D eigenvalue weighted by Crippen LogP contribution is -2.23. The van der Waals surface area contributed by atoms with Crippen molar-refractivity contribution in [2.45, 2.75) is 31.4 Å².